The van der Waals surface area contributed by atoms with Crippen LogP contribution in [-0.2, 0) is 19.9 Å². The maximum absolute atomic E-state index is 13.7. The number of carbonyl (C=O) groups is 2. The topological polar surface area (TPSA) is 76.1 Å². The van der Waals surface area contributed by atoms with Gasteiger partial charge in [-0.2, -0.15) is 0 Å². The highest BCUT2D eigenvalue weighted by atomic mass is 16.6. The first-order valence-corrected chi connectivity index (χ1v) is 11.2. The Kier molecular flexibility index (Phi) is 5.96. The van der Waals surface area contributed by atoms with Gasteiger partial charge in [-0.1, -0.05) is 66.2 Å². The summed E-state index contributed by atoms with van der Waals surface area (Å²) < 4.78 is 10.9. The second kappa shape index (κ2) is 8.61. The van der Waals surface area contributed by atoms with Crippen molar-refractivity contribution in [2.45, 2.75) is 44.9 Å². The van der Waals surface area contributed by atoms with E-state index < -0.39 is 29.3 Å². The molecule has 34 heavy (non-hydrogen) atoms. The van der Waals surface area contributed by atoms with Crippen LogP contribution < -0.4 is 4.90 Å². The van der Waals surface area contributed by atoms with Gasteiger partial charge in [0.1, 0.15) is 11.6 Å². The van der Waals surface area contributed by atoms with Gasteiger partial charge in [0.2, 0.25) is 5.60 Å². The fourth-order valence-electron chi connectivity index (χ4n) is 4.50. The first kappa shape index (κ1) is 23.5. The van der Waals surface area contributed by atoms with Crippen LogP contribution in [-0.4, -0.2) is 29.9 Å². The zero-order valence-corrected chi connectivity index (χ0v) is 20.0. The van der Waals surface area contributed by atoms with Crippen LogP contribution in [0.3, 0.4) is 0 Å². The van der Waals surface area contributed by atoms with Gasteiger partial charge in [-0.05, 0) is 56.5 Å². The lowest BCUT2D eigenvalue weighted by atomic mass is 9.76. The van der Waals surface area contributed by atoms with E-state index in [1.54, 1.807) is 51.1 Å². The van der Waals surface area contributed by atoms with Gasteiger partial charge in [0.25, 0.3) is 0 Å². The predicted octanol–water partition coefficient (Wildman–Crippen LogP) is 5.52. The Labute approximate surface area is 199 Å². The van der Waals surface area contributed by atoms with Crippen LogP contribution in [0.1, 0.15) is 43.5 Å². The number of ether oxygens (including phenoxy) is 2. The Morgan fingerprint density at radius 1 is 0.912 bits per heavy atom. The number of aryl methyl sites for hydroxylation is 1. The number of hydrogen-bond acceptors (Lipinski definition) is 5. The molecular weight excluding hydrogens is 430 g/mol. The summed E-state index contributed by atoms with van der Waals surface area (Å²) in [7, 11) is 1.22. The van der Waals surface area contributed by atoms with Gasteiger partial charge in [0, 0.05) is 5.56 Å². The summed E-state index contributed by atoms with van der Waals surface area (Å²) in [5, 5.41) is 12.2. The minimum Gasteiger partial charge on any atom is -0.467 e. The number of aliphatic hydroxyl groups is 1. The molecule has 2 atom stereocenters. The fraction of sp³-hybridized carbons (Fsp3) is 0.286. The van der Waals surface area contributed by atoms with Crippen molar-refractivity contribution in [1.29, 1.82) is 0 Å². The molecule has 6 heteroatoms. The van der Waals surface area contributed by atoms with Gasteiger partial charge in [0.15, 0.2) is 0 Å². The van der Waals surface area contributed by atoms with Gasteiger partial charge in [-0.3, -0.25) is 4.90 Å². The molecule has 0 radical (unpaired) electrons. The lowest BCUT2D eigenvalue weighted by Crippen LogP contribution is -2.54. The summed E-state index contributed by atoms with van der Waals surface area (Å²) in [6.45, 7) is 7.30. The summed E-state index contributed by atoms with van der Waals surface area (Å²) in [5.41, 5.74) is 1.13. The van der Waals surface area contributed by atoms with Gasteiger partial charge < -0.3 is 14.6 Å². The van der Waals surface area contributed by atoms with Gasteiger partial charge in [-0.15, -0.1) is 0 Å². The van der Waals surface area contributed by atoms with Crippen molar-refractivity contribution in [2.24, 2.45) is 0 Å². The molecule has 0 spiro atoms. The summed E-state index contributed by atoms with van der Waals surface area (Å²) in [5.74, 6) is -0.873. The molecule has 0 bridgehead atoms. The Morgan fingerprint density at radius 2 is 1.56 bits per heavy atom. The van der Waals surface area contributed by atoms with Gasteiger partial charge >= 0.3 is 12.1 Å². The molecule has 1 heterocycles. The zero-order chi connectivity index (χ0) is 24.7. The number of benzene rings is 3. The smallest absolute Gasteiger partial charge is 0.415 e. The number of carbonyl (C=O) groups excluding carboxylic acids is 2. The first-order valence-electron chi connectivity index (χ1n) is 11.2. The zero-order valence-electron chi connectivity index (χ0n) is 20.0. The monoisotopic (exact) mass is 459 g/mol. The van der Waals surface area contributed by atoms with Crippen molar-refractivity contribution >= 4 is 17.7 Å². The van der Waals surface area contributed by atoms with Crippen LogP contribution in [0.5, 0.6) is 0 Å². The molecule has 0 saturated heterocycles. The van der Waals surface area contributed by atoms with Crippen LogP contribution in [0.25, 0.3) is 11.1 Å². The predicted molar refractivity (Wildman–Crippen MR) is 130 cm³/mol. The molecule has 3 aromatic carbocycles. The largest absolute Gasteiger partial charge is 0.467 e. The van der Waals surface area contributed by atoms with Crippen molar-refractivity contribution in [2.75, 3.05) is 12.0 Å². The molecule has 1 unspecified atom stereocenters. The molecular formula is C28H29NO5. The third-order valence-corrected chi connectivity index (χ3v) is 5.91. The van der Waals surface area contributed by atoms with Gasteiger partial charge in [0.05, 0.1) is 12.8 Å². The lowest BCUT2D eigenvalue weighted by molar-refractivity contribution is -0.166. The summed E-state index contributed by atoms with van der Waals surface area (Å²) in [4.78, 5) is 28.4. The lowest BCUT2D eigenvalue weighted by Gasteiger charge is -2.45. The molecule has 0 fully saturated rings. The van der Waals surface area contributed by atoms with Crippen molar-refractivity contribution < 1.29 is 24.2 Å². The molecule has 6 nitrogen and oxygen atoms in total. The highest BCUT2D eigenvalue weighted by Gasteiger charge is 2.55. The highest BCUT2D eigenvalue weighted by molar-refractivity contribution is 6.00. The average molecular weight is 460 g/mol. The summed E-state index contributed by atoms with van der Waals surface area (Å²) in [6.07, 6.45) is -0.671. The summed E-state index contributed by atoms with van der Waals surface area (Å²) in [6, 6.07) is 20.6. The molecule has 4 rings (SSSR count). The maximum Gasteiger partial charge on any atom is 0.415 e. The molecule has 1 N–H and O–H groups in total. The van der Waals surface area contributed by atoms with Crippen molar-refractivity contribution in [1.82, 2.24) is 0 Å². The van der Waals surface area contributed by atoms with E-state index >= 15 is 0 Å². The van der Waals surface area contributed by atoms with E-state index in [0.29, 0.717) is 16.8 Å². The normalized spacial score (nSPS) is 16.6. The average Bonchev–Trinajstić information content (AvgIpc) is 2.81. The Morgan fingerprint density at radius 3 is 2.21 bits per heavy atom. The van der Waals surface area contributed by atoms with Crippen LogP contribution in [0.15, 0.2) is 72.8 Å². The number of esters is 1. The van der Waals surface area contributed by atoms with Gasteiger partial charge in [-0.25, -0.2) is 9.59 Å². The number of nitrogens with zero attached hydrogens (tertiary/aromatic N) is 1. The Hall–Kier alpha value is -3.64. The SMILES string of the molecule is COC(=O)[C@](O)(c1ccccc1)C1c2ccccc2-c2cc(C)ccc2N1C(=O)OC(C)(C)C. The first-order chi connectivity index (χ1) is 16.1. The molecule has 0 aliphatic carbocycles. The third-order valence-electron chi connectivity index (χ3n) is 5.91. The van der Waals surface area contributed by atoms with Crippen molar-refractivity contribution in [3.8, 4) is 11.1 Å². The molecule has 1 aliphatic heterocycles. The van der Waals surface area contributed by atoms with E-state index in [4.69, 9.17) is 9.47 Å². The number of rotatable bonds is 3. The number of anilines is 1. The van der Waals surface area contributed by atoms with Crippen LogP contribution >= 0.6 is 0 Å². The van der Waals surface area contributed by atoms with E-state index in [2.05, 4.69) is 0 Å². The summed E-state index contributed by atoms with van der Waals surface area (Å²) >= 11 is 0. The molecule has 3 aromatic rings. The Bertz CT molecular complexity index is 1230. The van der Waals surface area contributed by atoms with Crippen LogP contribution in [0.4, 0.5) is 10.5 Å². The second-order valence-electron chi connectivity index (χ2n) is 9.48. The molecule has 1 aliphatic rings. The minimum atomic E-state index is -2.20. The van der Waals surface area contributed by atoms with E-state index in [0.717, 1.165) is 16.7 Å². The Balaban J connectivity index is 2.06. The minimum absolute atomic E-state index is 0.311. The fourth-order valence-corrected chi connectivity index (χ4v) is 4.50. The highest BCUT2D eigenvalue weighted by Crippen LogP contribution is 2.52. The van der Waals surface area contributed by atoms with Crippen LogP contribution in [0.2, 0.25) is 0 Å². The number of methoxy groups -OCH3 is 1. The quantitative estimate of drug-likeness (QED) is 0.522. The molecule has 0 saturated carbocycles. The number of amides is 1. The van der Waals surface area contributed by atoms with E-state index in [1.165, 1.54) is 12.0 Å². The maximum atomic E-state index is 13.7. The van der Waals surface area contributed by atoms with E-state index in [-0.39, 0.29) is 0 Å². The van der Waals surface area contributed by atoms with E-state index in [9.17, 15) is 14.7 Å². The van der Waals surface area contributed by atoms with E-state index in [1.807, 2.05) is 49.4 Å². The molecule has 1 amide bonds. The second-order valence-corrected chi connectivity index (χ2v) is 9.48. The van der Waals surface area contributed by atoms with Crippen molar-refractivity contribution in [3.05, 3.63) is 89.5 Å². The molecule has 176 valence electrons. The standard InChI is InChI=1S/C28H29NO5/c1-18-15-16-23-22(17-18)20-13-9-10-14-21(20)24(29(23)26(31)34-27(2,3)4)28(32,25(30)33-5)19-11-7-6-8-12-19/h6-17,24,32H,1-5H3/t24?,28-/m0/s1. The number of fused-ring (bicyclic) bond motifs is 3. The number of hydrogen-bond donors (Lipinski definition) is 1. The third kappa shape index (κ3) is 3.94. The van der Waals surface area contributed by atoms with Crippen LogP contribution in [0, 0.1) is 6.92 Å². The van der Waals surface area contributed by atoms with Crippen molar-refractivity contribution in [3.63, 3.8) is 0 Å². The molecule has 0 aromatic heterocycles.